The number of pyridine rings is 1. The van der Waals surface area contributed by atoms with Crippen molar-refractivity contribution in [3.8, 4) is 0 Å². The van der Waals surface area contributed by atoms with Crippen LogP contribution < -0.4 is 15.0 Å². The van der Waals surface area contributed by atoms with Crippen LogP contribution in [0.25, 0.3) is 0 Å². The second kappa shape index (κ2) is 8.53. The molecule has 2 aliphatic rings. The number of fused-ring (bicyclic) bond motifs is 1. The van der Waals surface area contributed by atoms with Gasteiger partial charge in [-0.1, -0.05) is 23.7 Å². The third-order valence-electron chi connectivity index (χ3n) is 5.95. The van der Waals surface area contributed by atoms with Gasteiger partial charge in [-0.25, -0.2) is 14.2 Å². The first-order chi connectivity index (χ1) is 14.3. The lowest BCUT2D eigenvalue weighted by Crippen LogP contribution is -2.54. The molecule has 1 aliphatic carbocycles. The minimum Gasteiger partial charge on any atom is -0.437 e. The highest BCUT2D eigenvalue weighted by Gasteiger charge is 2.39. The van der Waals surface area contributed by atoms with Crippen molar-refractivity contribution in [3.63, 3.8) is 0 Å². The Morgan fingerprint density at radius 1 is 1.30 bits per heavy atom. The number of amides is 2. The monoisotopic (exact) mass is 430 g/mol. The van der Waals surface area contributed by atoms with E-state index >= 15 is 0 Å². The summed E-state index contributed by atoms with van der Waals surface area (Å²) in [5.41, 5.74) is 2.60. The van der Waals surface area contributed by atoms with Gasteiger partial charge in [-0.2, -0.15) is 0 Å². The molecular weight excluding hydrogens is 406 g/mol. The van der Waals surface area contributed by atoms with Crippen LogP contribution in [-0.4, -0.2) is 35.2 Å². The maximum absolute atomic E-state index is 14.7. The van der Waals surface area contributed by atoms with E-state index in [0.29, 0.717) is 16.4 Å². The zero-order valence-corrected chi connectivity index (χ0v) is 17.9. The summed E-state index contributed by atoms with van der Waals surface area (Å²) in [5, 5.41) is 13.1. The highest BCUT2D eigenvalue weighted by Crippen LogP contribution is 2.38. The molecule has 1 saturated carbocycles. The molecule has 2 N–H and O–H groups in total. The summed E-state index contributed by atoms with van der Waals surface area (Å²) >= 11 is 6.15. The second-order valence-corrected chi connectivity index (χ2v) is 8.52. The molecule has 0 spiro atoms. The topological polar surface area (TPSA) is 68.7 Å². The van der Waals surface area contributed by atoms with Gasteiger partial charge in [-0.15, -0.1) is 0 Å². The van der Waals surface area contributed by atoms with Gasteiger partial charge in [0, 0.05) is 17.8 Å². The molecule has 1 aromatic heterocycles. The number of carbonyl (C=O) groups is 1. The van der Waals surface area contributed by atoms with Gasteiger partial charge in [0.1, 0.15) is 11.0 Å². The molecule has 6 nitrogen and oxygen atoms in total. The Morgan fingerprint density at radius 2 is 2.03 bits per heavy atom. The molecule has 0 unspecified atom stereocenters. The predicted molar refractivity (Wildman–Crippen MR) is 117 cm³/mol. The molecule has 0 atom stereocenters. The molecule has 9 heteroatoms. The van der Waals surface area contributed by atoms with Crippen molar-refractivity contribution in [3.05, 3.63) is 52.6 Å². The molecule has 30 heavy (non-hydrogen) atoms. The second-order valence-electron chi connectivity index (χ2n) is 8.13. The van der Waals surface area contributed by atoms with Crippen molar-refractivity contribution in [1.29, 1.82) is 0 Å². The van der Waals surface area contributed by atoms with Gasteiger partial charge < -0.3 is 10.3 Å². The molecule has 1 aliphatic heterocycles. The number of nitrogens with one attached hydrogen (secondary N) is 1. The first kappa shape index (κ1) is 21.1. The molecule has 4 rings (SSSR count). The van der Waals surface area contributed by atoms with Gasteiger partial charge in [-0.05, 0) is 63.2 Å². The summed E-state index contributed by atoms with van der Waals surface area (Å²) in [4.78, 5) is 21.1. The van der Waals surface area contributed by atoms with Crippen LogP contribution in [0.4, 0.5) is 20.6 Å². The minimum absolute atomic E-state index is 0.0309. The lowest BCUT2D eigenvalue weighted by Gasteiger charge is -2.43. The number of benzene rings is 1. The van der Waals surface area contributed by atoms with Crippen molar-refractivity contribution in [2.45, 2.75) is 58.1 Å². The predicted octanol–water partition coefficient (Wildman–Crippen LogP) is 4.14. The normalized spacial score (nSPS) is 21.6. The number of hydrogen-bond acceptors (Lipinski definition) is 4. The number of rotatable bonds is 4. The Bertz CT molecular complexity index is 932. The van der Waals surface area contributed by atoms with Crippen molar-refractivity contribution >= 4 is 36.1 Å². The molecular formula is C21H25BClFN4O2. The number of anilines is 2. The smallest absolute Gasteiger partial charge is 0.373 e. The van der Waals surface area contributed by atoms with Crippen LogP contribution in [0.5, 0.6) is 0 Å². The number of para-hydroxylation sites is 1. The molecule has 0 saturated heterocycles. The van der Waals surface area contributed by atoms with Crippen LogP contribution in [0.15, 0.2) is 30.5 Å². The molecule has 2 aromatic rings. The largest absolute Gasteiger partial charge is 0.437 e. The van der Waals surface area contributed by atoms with E-state index in [1.807, 2.05) is 0 Å². The lowest BCUT2D eigenvalue weighted by atomic mass is 9.82. The van der Waals surface area contributed by atoms with Crippen LogP contribution in [0, 0.1) is 12.7 Å². The lowest BCUT2D eigenvalue weighted by molar-refractivity contribution is 0.243. The minimum atomic E-state index is -0.562. The first-order valence-corrected chi connectivity index (χ1v) is 10.7. The Hall–Kier alpha value is -2.16. The maximum atomic E-state index is 14.7. The fraction of sp³-hybridized carbons (Fsp3) is 0.429. The molecule has 0 radical (unpaired) electrons. The maximum Gasteiger partial charge on any atom is 0.373 e. The van der Waals surface area contributed by atoms with Crippen LogP contribution >= 0.6 is 11.6 Å². The molecule has 158 valence electrons. The number of urea groups is 1. The van der Waals surface area contributed by atoms with Crippen molar-refractivity contribution in [2.75, 3.05) is 9.80 Å². The van der Waals surface area contributed by atoms with Gasteiger partial charge >= 0.3 is 13.1 Å². The van der Waals surface area contributed by atoms with Crippen molar-refractivity contribution in [2.24, 2.45) is 0 Å². The zero-order valence-electron chi connectivity index (χ0n) is 17.1. The fourth-order valence-electron chi connectivity index (χ4n) is 4.60. The molecule has 2 amide bonds. The van der Waals surface area contributed by atoms with Crippen molar-refractivity contribution in [1.82, 2.24) is 10.2 Å². The fourth-order valence-corrected chi connectivity index (χ4v) is 4.75. The Morgan fingerprint density at radius 3 is 2.70 bits per heavy atom. The number of aromatic nitrogens is 1. The van der Waals surface area contributed by atoms with Crippen LogP contribution in [0.3, 0.4) is 0 Å². The average Bonchev–Trinajstić information content (AvgIpc) is 2.69. The van der Waals surface area contributed by atoms with Gasteiger partial charge in [0.05, 0.1) is 17.9 Å². The number of carbonyl (C=O) groups excluding carboxylic acids is 1. The van der Waals surface area contributed by atoms with Gasteiger partial charge in [-0.3, -0.25) is 9.80 Å². The quantitative estimate of drug-likeness (QED) is 0.565. The van der Waals surface area contributed by atoms with Gasteiger partial charge in [0.15, 0.2) is 0 Å². The van der Waals surface area contributed by atoms with E-state index in [-0.39, 0.29) is 24.7 Å². The SMILES string of the molecule is CB(O)NC1CCC(N2C(=O)N(c3c(C)cccc3F)Cc3cnc(Cl)cc32)CC1. The standard InChI is InChI=1S/C21H25BClFN4O2/c1-13-4-3-5-17(24)20(13)27-12-14-11-25-19(23)10-18(14)28(21(27)29)16-8-6-15(7-9-16)26-22(2)30/h3-5,10-11,15-16,26,30H,6-9,12H2,1-2H3. The van der Waals surface area contributed by atoms with E-state index < -0.39 is 12.9 Å². The van der Waals surface area contributed by atoms with E-state index in [4.69, 9.17) is 11.6 Å². The molecule has 1 fully saturated rings. The Balaban J connectivity index is 1.68. The number of nitrogens with zero attached hydrogens (tertiary/aromatic N) is 3. The summed E-state index contributed by atoms with van der Waals surface area (Å²) < 4.78 is 14.7. The number of hydrogen-bond donors (Lipinski definition) is 2. The summed E-state index contributed by atoms with van der Waals surface area (Å²) in [5.74, 6) is -0.418. The van der Waals surface area contributed by atoms with Crippen LogP contribution in [-0.2, 0) is 6.54 Å². The highest BCUT2D eigenvalue weighted by atomic mass is 35.5. The summed E-state index contributed by atoms with van der Waals surface area (Å²) in [6.07, 6.45) is 4.90. The third-order valence-corrected chi connectivity index (χ3v) is 6.16. The van der Waals surface area contributed by atoms with Crippen molar-refractivity contribution < 1.29 is 14.2 Å². The van der Waals surface area contributed by atoms with E-state index in [2.05, 4.69) is 10.2 Å². The Labute approximate surface area is 181 Å². The number of aryl methyl sites for hydroxylation is 1. The van der Waals surface area contributed by atoms with E-state index in [1.54, 1.807) is 43.0 Å². The van der Waals surface area contributed by atoms with Gasteiger partial charge in [0.2, 0.25) is 0 Å². The molecule has 1 aromatic carbocycles. The van der Waals surface area contributed by atoms with E-state index in [9.17, 15) is 14.2 Å². The Kier molecular flexibility index (Phi) is 6.00. The number of halogens is 2. The third kappa shape index (κ3) is 4.04. The summed E-state index contributed by atoms with van der Waals surface area (Å²) in [6, 6.07) is 6.49. The van der Waals surface area contributed by atoms with E-state index in [0.717, 1.165) is 36.9 Å². The van der Waals surface area contributed by atoms with Crippen LogP contribution in [0.2, 0.25) is 12.0 Å². The summed E-state index contributed by atoms with van der Waals surface area (Å²) in [6.45, 7) is 3.76. The summed E-state index contributed by atoms with van der Waals surface area (Å²) in [7, 11) is -0.562. The molecule has 2 heterocycles. The van der Waals surface area contributed by atoms with E-state index in [1.165, 1.54) is 11.0 Å². The average molecular weight is 431 g/mol. The first-order valence-electron chi connectivity index (χ1n) is 10.3. The highest BCUT2D eigenvalue weighted by molar-refractivity contribution is 6.45. The van der Waals surface area contributed by atoms with Gasteiger partial charge in [0.25, 0.3) is 0 Å². The molecule has 0 bridgehead atoms. The zero-order chi connectivity index (χ0) is 21.4. The van der Waals surface area contributed by atoms with Crippen LogP contribution in [0.1, 0.15) is 36.8 Å².